The molecule has 0 amide bonds. The van der Waals surface area contributed by atoms with E-state index in [4.69, 9.17) is 10.5 Å². The second-order valence-corrected chi connectivity index (χ2v) is 17.8. The van der Waals surface area contributed by atoms with Crippen LogP contribution in [0.3, 0.4) is 0 Å². The fourth-order valence-electron chi connectivity index (χ4n) is 9.84. The Bertz CT molecular complexity index is 2640. The van der Waals surface area contributed by atoms with Crippen LogP contribution in [0.4, 0.5) is 0 Å². The number of phenolic OH excluding ortho intramolecular Hbond substituents is 12. The van der Waals surface area contributed by atoms with Crippen molar-refractivity contribution in [2.45, 2.75) is 117 Å². The van der Waals surface area contributed by atoms with Crippen molar-refractivity contribution in [2.24, 2.45) is 0 Å². The first-order valence-electron chi connectivity index (χ1n) is 24.0. The average Bonchev–Trinajstić information content (AvgIpc) is 3.37. The van der Waals surface area contributed by atoms with E-state index in [1.165, 1.54) is 59.7 Å². The number of phenols is 12. The Hall–Kier alpha value is -8.36. The average molecular weight is 981 g/mol. The van der Waals surface area contributed by atoms with Crippen LogP contribution in [-0.2, 0) is 0 Å². The monoisotopic (exact) mass is 980 g/mol. The van der Waals surface area contributed by atoms with Crippen molar-refractivity contribution in [3.63, 3.8) is 0 Å². The Morgan fingerprint density at radius 3 is 0.597 bits per heavy atom. The van der Waals surface area contributed by atoms with E-state index in [9.17, 15) is 61.3 Å². The standard InChI is InChI=1S/C40H48O12.C14H10.2C2H3N/c1-5-9-17-21-13-23(31(43)37(49)29(21)41)18(10-6-2)25-15-27(35(47)39(51)33(25)45)20(12-8-4)28-16-26(34(46)40(52)36(28)48)19(11-7-3)24-14-22(17)30(42)38(50)32(24)44;1-2-6-12-10-14-8-4-3-7-13(14)9-11(12)5-1;2*1-2-3/h13-20,41-52H,5-12H2,1-4H3;1-10H;2*1H3. The third-order valence-electron chi connectivity index (χ3n) is 13.2. The summed E-state index contributed by atoms with van der Waals surface area (Å²) in [6.07, 6.45) is 2.70. The molecule has 0 unspecified atom stereocenters. The molecule has 12 N–H and O–H groups in total. The summed E-state index contributed by atoms with van der Waals surface area (Å²) >= 11 is 0. The molecule has 0 aromatic heterocycles. The number of hydrogen-bond donors (Lipinski definition) is 12. The topological polar surface area (TPSA) is 290 Å². The van der Waals surface area contributed by atoms with Gasteiger partial charge in [0.05, 0.1) is 12.1 Å². The molecule has 14 nitrogen and oxygen atoms in total. The molecule has 0 radical (unpaired) electrons. The predicted molar refractivity (Wildman–Crippen MR) is 277 cm³/mol. The van der Waals surface area contributed by atoms with Crippen LogP contribution in [0.5, 0.6) is 69.0 Å². The molecule has 0 saturated carbocycles. The van der Waals surface area contributed by atoms with E-state index in [-0.39, 0.29) is 70.2 Å². The molecule has 1 aliphatic carbocycles. The number of fused-ring (bicyclic) bond motifs is 10. The van der Waals surface area contributed by atoms with Gasteiger partial charge in [-0.15, -0.1) is 0 Å². The van der Waals surface area contributed by atoms with Crippen LogP contribution in [0.2, 0.25) is 0 Å². The van der Waals surface area contributed by atoms with Crippen LogP contribution < -0.4 is 0 Å². The van der Waals surface area contributed by atoms with Crippen molar-refractivity contribution in [2.75, 3.05) is 0 Å². The molecule has 8 bridgehead atoms. The Balaban J connectivity index is 0.000000397. The number of aromatic hydroxyl groups is 12. The fraction of sp³-hybridized carbons (Fsp3) is 0.310. The molecule has 378 valence electrons. The quantitative estimate of drug-likeness (QED) is 0.0498. The Labute approximate surface area is 419 Å². The zero-order chi connectivity index (χ0) is 53.1. The Morgan fingerprint density at radius 1 is 0.306 bits per heavy atom. The molecular formula is C58H64N2O12. The van der Waals surface area contributed by atoms with Gasteiger partial charge in [0.2, 0.25) is 23.0 Å². The van der Waals surface area contributed by atoms with Crippen molar-refractivity contribution in [3.8, 4) is 81.1 Å². The van der Waals surface area contributed by atoms with Gasteiger partial charge in [0, 0.05) is 82.0 Å². The predicted octanol–water partition coefficient (Wildman–Crippen LogP) is 13.2. The molecule has 0 fully saturated rings. The SMILES string of the molecule is CC#N.CC#N.CCCC1c2cc(c(O)c(O)c2O)C(CCC)c2cc(c(O)c(O)c2O)C(CCC)c2cc(c(O)c(O)c2O)C(CCC)c2cc1c(O)c(O)c2O.c1ccc2cc3ccccc3cc2c1. The van der Waals surface area contributed by atoms with Crippen LogP contribution in [-0.4, -0.2) is 61.3 Å². The Morgan fingerprint density at radius 2 is 0.458 bits per heavy atom. The molecule has 0 aliphatic heterocycles. The molecule has 0 atom stereocenters. The van der Waals surface area contributed by atoms with Gasteiger partial charge in [-0.2, -0.15) is 10.5 Å². The number of nitriles is 2. The highest BCUT2D eigenvalue weighted by atomic mass is 16.3. The van der Waals surface area contributed by atoms with Crippen molar-refractivity contribution in [3.05, 3.63) is 129 Å². The largest absolute Gasteiger partial charge is 0.504 e. The Kier molecular flexibility index (Phi) is 18.2. The number of benzene rings is 7. The maximum atomic E-state index is 11.4. The van der Waals surface area contributed by atoms with Gasteiger partial charge in [-0.3, -0.25) is 0 Å². The maximum Gasteiger partial charge on any atom is 0.200 e. The zero-order valence-electron chi connectivity index (χ0n) is 41.3. The second kappa shape index (κ2) is 24.0. The van der Waals surface area contributed by atoms with Gasteiger partial charge in [0.15, 0.2) is 46.0 Å². The molecule has 7 aromatic rings. The summed E-state index contributed by atoms with van der Waals surface area (Å²) in [5.74, 6) is -13.1. The molecular weight excluding hydrogens is 917 g/mol. The number of nitrogens with zero attached hydrogens (tertiary/aromatic N) is 2. The molecule has 7 aromatic carbocycles. The first kappa shape index (κ1) is 54.6. The van der Waals surface area contributed by atoms with Gasteiger partial charge in [-0.25, -0.2) is 0 Å². The lowest BCUT2D eigenvalue weighted by atomic mass is 9.76. The molecule has 0 heterocycles. The van der Waals surface area contributed by atoms with E-state index in [2.05, 4.69) is 60.7 Å². The summed E-state index contributed by atoms with van der Waals surface area (Å²) in [7, 11) is 0. The van der Waals surface area contributed by atoms with Gasteiger partial charge in [0.25, 0.3) is 0 Å². The minimum Gasteiger partial charge on any atom is -0.504 e. The summed E-state index contributed by atoms with van der Waals surface area (Å²) in [6.45, 7) is 10.2. The van der Waals surface area contributed by atoms with E-state index in [1.807, 2.05) is 27.7 Å². The fourth-order valence-corrected chi connectivity index (χ4v) is 9.84. The summed E-state index contributed by atoms with van der Waals surface area (Å²) in [6, 6.07) is 30.6. The lowest BCUT2D eigenvalue weighted by molar-refractivity contribution is 0.348. The van der Waals surface area contributed by atoms with Gasteiger partial charge >= 0.3 is 0 Å². The molecule has 1 aliphatic rings. The molecule has 0 spiro atoms. The number of hydrogen-bond acceptors (Lipinski definition) is 14. The highest BCUT2D eigenvalue weighted by molar-refractivity contribution is 5.98. The van der Waals surface area contributed by atoms with Crippen molar-refractivity contribution in [1.29, 1.82) is 10.5 Å². The van der Waals surface area contributed by atoms with Gasteiger partial charge in [0.1, 0.15) is 0 Å². The van der Waals surface area contributed by atoms with E-state index < -0.39 is 92.7 Å². The highest BCUT2D eigenvalue weighted by Crippen LogP contribution is 2.58. The van der Waals surface area contributed by atoms with Crippen LogP contribution in [0, 0.1) is 22.7 Å². The smallest absolute Gasteiger partial charge is 0.200 e. The lowest BCUT2D eigenvalue weighted by Crippen LogP contribution is -2.11. The van der Waals surface area contributed by atoms with Gasteiger partial charge < -0.3 is 61.3 Å². The van der Waals surface area contributed by atoms with E-state index in [0.717, 1.165) is 0 Å². The maximum absolute atomic E-state index is 11.4. The molecule has 72 heavy (non-hydrogen) atoms. The zero-order valence-corrected chi connectivity index (χ0v) is 41.3. The minimum absolute atomic E-state index is 0.0395. The van der Waals surface area contributed by atoms with Crippen LogP contribution >= 0.6 is 0 Å². The van der Waals surface area contributed by atoms with E-state index in [1.54, 1.807) is 12.1 Å². The second-order valence-electron chi connectivity index (χ2n) is 17.8. The molecule has 8 rings (SSSR count). The molecule has 0 saturated heterocycles. The van der Waals surface area contributed by atoms with Crippen LogP contribution in [0.25, 0.3) is 21.5 Å². The third kappa shape index (κ3) is 10.7. The van der Waals surface area contributed by atoms with Crippen molar-refractivity contribution >= 4 is 21.5 Å². The first-order chi connectivity index (χ1) is 34.4. The van der Waals surface area contributed by atoms with Crippen LogP contribution in [0.1, 0.15) is 161 Å². The van der Waals surface area contributed by atoms with E-state index >= 15 is 0 Å². The normalized spacial score (nSPS) is 15.6. The minimum atomic E-state index is -0.971. The highest BCUT2D eigenvalue weighted by Gasteiger charge is 2.37. The van der Waals surface area contributed by atoms with Crippen molar-refractivity contribution in [1.82, 2.24) is 0 Å². The van der Waals surface area contributed by atoms with Gasteiger partial charge in [-0.05, 0) is 83.6 Å². The summed E-state index contributed by atoms with van der Waals surface area (Å²) in [5, 5.41) is 156. The van der Waals surface area contributed by atoms with Gasteiger partial charge in [-0.1, -0.05) is 102 Å². The summed E-state index contributed by atoms with van der Waals surface area (Å²) < 4.78 is 0. The van der Waals surface area contributed by atoms with E-state index in [0.29, 0.717) is 25.7 Å². The van der Waals surface area contributed by atoms with Crippen molar-refractivity contribution < 1.29 is 61.3 Å². The van der Waals surface area contributed by atoms with Crippen LogP contribution in [0.15, 0.2) is 84.9 Å². The summed E-state index contributed by atoms with van der Waals surface area (Å²) in [4.78, 5) is 0. The summed E-state index contributed by atoms with van der Waals surface area (Å²) in [5.41, 5.74) is 0.316. The third-order valence-corrected chi connectivity index (χ3v) is 13.2. The number of rotatable bonds is 8. The molecule has 14 heteroatoms. The lowest BCUT2D eigenvalue weighted by Gasteiger charge is -2.29. The first-order valence-corrected chi connectivity index (χ1v) is 24.0.